The quantitative estimate of drug-likeness (QED) is 0.0322. The van der Waals surface area contributed by atoms with Crippen molar-refractivity contribution in [2.45, 2.75) is 283 Å². The average molecular weight is 844 g/mol. The zero-order valence-electron chi connectivity index (χ0n) is 39.9. The number of amides is 1. The van der Waals surface area contributed by atoms with Crippen LogP contribution in [0, 0.1) is 0 Å². The molecule has 3 N–H and O–H groups in total. The lowest BCUT2D eigenvalue weighted by molar-refractivity contribution is -0.143. The van der Waals surface area contributed by atoms with Gasteiger partial charge in [0, 0.05) is 12.8 Å². The predicted molar refractivity (Wildman–Crippen MR) is 259 cm³/mol. The second-order valence-corrected chi connectivity index (χ2v) is 17.8. The van der Waals surface area contributed by atoms with Crippen LogP contribution in [0.15, 0.2) is 36.5 Å². The van der Waals surface area contributed by atoms with Gasteiger partial charge in [0.15, 0.2) is 0 Å². The molecule has 352 valence electrons. The van der Waals surface area contributed by atoms with Crippen molar-refractivity contribution in [2.75, 3.05) is 13.2 Å². The van der Waals surface area contributed by atoms with Gasteiger partial charge in [-0.3, -0.25) is 9.59 Å². The summed E-state index contributed by atoms with van der Waals surface area (Å²) in [6.45, 7) is 4.84. The van der Waals surface area contributed by atoms with Crippen LogP contribution in [-0.4, -0.2) is 47.4 Å². The molecule has 0 fully saturated rings. The highest BCUT2D eigenvalue weighted by Gasteiger charge is 2.20. The molecule has 0 aromatic rings. The molecule has 0 aliphatic heterocycles. The molecule has 6 nitrogen and oxygen atoms in total. The summed E-state index contributed by atoms with van der Waals surface area (Å²) in [4.78, 5) is 24.5. The molecule has 2 atom stereocenters. The highest BCUT2D eigenvalue weighted by atomic mass is 16.5. The fraction of sp³-hybridized carbons (Fsp3) is 0.852. The van der Waals surface area contributed by atoms with E-state index in [1.807, 2.05) is 0 Å². The van der Waals surface area contributed by atoms with Crippen molar-refractivity contribution < 1.29 is 24.5 Å². The molecule has 0 bridgehead atoms. The second kappa shape index (κ2) is 49.7. The number of carbonyl (C=O) groups excluding carboxylic acids is 2. The molecular weight excluding hydrogens is 743 g/mol. The van der Waals surface area contributed by atoms with Gasteiger partial charge in [-0.15, -0.1) is 0 Å². The maximum atomic E-state index is 12.4. The van der Waals surface area contributed by atoms with Gasteiger partial charge in [0.1, 0.15) is 0 Å². The van der Waals surface area contributed by atoms with Gasteiger partial charge in [-0.05, 0) is 83.5 Å². The van der Waals surface area contributed by atoms with E-state index in [1.165, 1.54) is 154 Å². The van der Waals surface area contributed by atoms with E-state index in [4.69, 9.17) is 4.74 Å². The highest BCUT2D eigenvalue weighted by molar-refractivity contribution is 5.76. The van der Waals surface area contributed by atoms with Crippen LogP contribution in [0.4, 0.5) is 0 Å². The van der Waals surface area contributed by atoms with E-state index >= 15 is 0 Å². The monoisotopic (exact) mass is 844 g/mol. The van der Waals surface area contributed by atoms with Crippen molar-refractivity contribution >= 4 is 11.9 Å². The first kappa shape index (κ1) is 58.1. The van der Waals surface area contributed by atoms with Gasteiger partial charge in [-0.1, -0.05) is 211 Å². The Hall–Kier alpha value is -1.92. The third kappa shape index (κ3) is 45.6. The van der Waals surface area contributed by atoms with Crippen LogP contribution < -0.4 is 5.32 Å². The lowest BCUT2D eigenvalue weighted by Gasteiger charge is -2.22. The van der Waals surface area contributed by atoms with E-state index in [2.05, 4.69) is 55.6 Å². The lowest BCUT2D eigenvalue weighted by Crippen LogP contribution is -2.45. The standard InChI is InChI=1S/C54H101NO5/c1-3-5-7-9-11-13-15-17-19-20-21-23-25-27-32-36-40-44-48-54(59)60-49-45-41-37-33-29-28-31-35-39-43-47-53(58)55-51(50-56)52(57)46-42-38-34-30-26-24-22-18-16-14-12-10-8-6-4-2/h13,15,19-20,29,33,51-52,56-57H,3-12,14,16-18,21-28,30-32,34-50H2,1-2H3,(H,55,58)/b15-13-,20-19-,33-29-. The van der Waals surface area contributed by atoms with Gasteiger partial charge in [0.2, 0.25) is 5.91 Å². The molecule has 60 heavy (non-hydrogen) atoms. The molecule has 1 amide bonds. The summed E-state index contributed by atoms with van der Waals surface area (Å²) in [5, 5.41) is 23.2. The molecule has 0 aliphatic carbocycles. The summed E-state index contributed by atoms with van der Waals surface area (Å²) < 4.78 is 5.44. The lowest BCUT2D eigenvalue weighted by atomic mass is 10.0. The molecule has 0 saturated carbocycles. The number of hydrogen-bond acceptors (Lipinski definition) is 5. The third-order valence-electron chi connectivity index (χ3n) is 11.9. The zero-order valence-corrected chi connectivity index (χ0v) is 39.9. The molecule has 0 rings (SSSR count). The van der Waals surface area contributed by atoms with Gasteiger partial charge < -0.3 is 20.3 Å². The number of rotatable bonds is 48. The minimum Gasteiger partial charge on any atom is -0.466 e. The molecule has 0 saturated heterocycles. The van der Waals surface area contributed by atoms with E-state index in [-0.39, 0.29) is 18.5 Å². The van der Waals surface area contributed by atoms with Gasteiger partial charge in [-0.2, -0.15) is 0 Å². The number of hydrogen-bond donors (Lipinski definition) is 3. The predicted octanol–water partition coefficient (Wildman–Crippen LogP) is 15.7. The number of allylic oxidation sites excluding steroid dienone is 6. The number of aliphatic hydroxyl groups excluding tert-OH is 2. The Kier molecular flexibility index (Phi) is 48.1. The van der Waals surface area contributed by atoms with E-state index in [9.17, 15) is 19.8 Å². The fourth-order valence-corrected chi connectivity index (χ4v) is 7.84. The molecule has 0 aromatic carbocycles. The van der Waals surface area contributed by atoms with Crippen LogP contribution in [0.1, 0.15) is 271 Å². The van der Waals surface area contributed by atoms with Gasteiger partial charge in [-0.25, -0.2) is 0 Å². The number of esters is 1. The molecule has 0 aromatic heterocycles. The fourth-order valence-electron chi connectivity index (χ4n) is 7.84. The Balaban J connectivity index is 3.53. The Morgan fingerprint density at radius 1 is 0.467 bits per heavy atom. The van der Waals surface area contributed by atoms with E-state index in [0.717, 1.165) is 83.5 Å². The number of nitrogens with one attached hydrogen (secondary N) is 1. The summed E-state index contributed by atoms with van der Waals surface area (Å²) in [5.74, 6) is -0.115. The minimum absolute atomic E-state index is 0.0440. The molecule has 0 aliphatic rings. The Labute approximate surface area is 373 Å². The van der Waals surface area contributed by atoms with Gasteiger partial charge in [0.05, 0.1) is 25.4 Å². The first-order valence-corrected chi connectivity index (χ1v) is 26.2. The largest absolute Gasteiger partial charge is 0.466 e. The Bertz CT molecular complexity index is 977. The van der Waals surface area contributed by atoms with Gasteiger partial charge >= 0.3 is 5.97 Å². The minimum atomic E-state index is -0.687. The number of unbranched alkanes of at least 4 members (excludes halogenated alkanes) is 31. The number of aliphatic hydroxyl groups is 2. The normalized spacial score (nSPS) is 12.9. The van der Waals surface area contributed by atoms with Crippen LogP contribution in [0.5, 0.6) is 0 Å². The van der Waals surface area contributed by atoms with E-state index < -0.39 is 12.1 Å². The maximum absolute atomic E-state index is 12.4. The summed E-state index contributed by atoms with van der Waals surface area (Å²) in [5.41, 5.74) is 0. The first-order valence-electron chi connectivity index (χ1n) is 26.2. The van der Waals surface area contributed by atoms with Crippen molar-refractivity contribution in [1.82, 2.24) is 5.32 Å². The Morgan fingerprint density at radius 2 is 0.833 bits per heavy atom. The third-order valence-corrected chi connectivity index (χ3v) is 11.9. The molecular formula is C54H101NO5. The summed E-state index contributed by atoms with van der Waals surface area (Å²) in [6, 6.07) is -0.568. The Morgan fingerprint density at radius 3 is 1.30 bits per heavy atom. The number of carbonyl (C=O) groups is 2. The van der Waals surface area contributed by atoms with Crippen LogP contribution in [-0.2, 0) is 14.3 Å². The van der Waals surface area contributed by atoms with E-state index in [1.54, 1.807) is 0 Å². The van der Waals surface area contributed by atoms with E-state index in [0.29, 0.717) is 25.9 Å². The smallest absolute Gasteiger partial charge is 0.305 e. The van der Waals surface area contributed by atoms with Crippen LogP contribution in [0.3, 0.4) is 0 Å². The topological polar surface area (TPSA) is 95.9 Å². The van der Waals surface area contributed by atoms with Crippen molar-refractivity contribution in [3.8, 4) is 0 Å². The number of ether oxygens (including phenoxy) is 1. The highest BCUT2D eigenvalue weighted by Crippen LogP contribution is 2.16. The first-order chi connectivity index (χ1) is 29.5. The van der Waals surface area contributed by atoms with Gasteiger partial charge in [0.25, 0.3) is 0 Å². The van der Waals surface area contributed by atoms with Crippen molar-refractivity contribution in [2.24, 2.45) is 0 Å². The molecule has 0 heterocycles. The van der Waals surface area contributed by atoms with Crippen LogP contribution in [0.2, 0.25) is 0 Å². The van der Waals surface area contributed by atoms with Crippen molar-refractivity contribution in [3.05, 3.63) is 36.5 Å². The molecule has 2 unspecified atom stereocenters. The zero-order chi connectivity index (χ0) is 43.7. The van der Waals surface area contributed by atoms with Crippen molar-refractivity contribution in [3.63, 3.8) is 0 Å². The maximum Gasteiger partial charge on any atom is 0.305 e. The molecule has 0 radical (unpaired) electrons. The van der Waals surface area contributed by atoms with Crippen LogP contribution in [0.25, 0.3) is 0 Å². The second-order valence-electron chi connectivity index (χ2n) is 17.8. The molecule has 0 spiro atoms. The summed E-state index contributed by atoms with van der Waals surface area (Å²) in [6.07, 6.45) is 59.7. The summed E-state index contributed by atoms with van der Waals surface area (Å²) in [7, 11) is 0. The average Bonchev–Trinajstić information content (AvgIpc) is 3.25. The summed E-state index contributed by atoms with van der Waals surface area (Å²) >= 11 is 0. The van der Waals surface area contributed by atoms with Crippen molar-refractivity contribution in [1.29, 1.82) is 0 Å². The molecule has 6 heteroatoms. The van der Waals surface area contributed by atoms with Crippen LogP contribution >= 0.6 is 0 Å². The SMILES string of the molecule is CCCCCC/C=C\C/C=C\CCCCCCCCCC(=O)OCCCC/C=C\CCCCCCC(=O)NC(CO)C(O)CCCCCCCCCCCCCCCCC.